The Labute approximate surface area is 212 Å². The lowest BCUT2D eigenvalue weighted by Crippen LogP contribution is -2.57. The summed E-state index contributed by atoms with van der Waals surface area (Å²) in [6.45, 7) is 4.98. The van der Waals surface area contributed by atoms with Crippen molar-refractivity contribution in [2.45, 2.75) is 69.7 Å². The predicted octanol–water partition coefficient (Wildman–Crippen LogP) is 2.82. The van der Waals surface area contributed by atoms with Crippen LogP contribution in [0.15, 0.2) is 36.4 Å². The van der Waals surface area contributed by atoms with Crippen molar-refractivity contribution in [2.24, 2.45) is 17.8 Å². The normalized spacial score (nSPS) is 34.6. The summed E-state index contributed by atoms with van der Waals surface area (Å²) < 4.78 is 11.6. The Morgan fingerprint density at radius 1 is 1.22 bits per heavy atom. The molecule has 3 amide bonds. The summed E-state index contributed by atoms with van der Waals surface area (Å²) in [7, 11) is 1.62. The quantitative estimate of drug-likeness (QED) is 0.427. The molecule has 3 fully saturated rings. The van der Waals surface area contributed by atoms with Crippen molar-refractivity contribution in [3.63, 3.8) is 0 Å². The van der Waals surface area contributed by atoms with Gasteiger partial charge >= 0.3 is 0 Å². The van der Waals surface area contributed by atoms with Gasteiger partial charge in [-0.15, -0.1) is 0 Å². The number of amides is 3. The molecule has 194 valence electrons. The number of rotatable bonds is 8. The average Bonchev–Trinajstić information content (AvgIpc) is 3.48. The van der Waals surface area contributed by atoms with Gasteiger partial charge in [-0.25, -0.2) is 0 Å². The van der Waals surface area contributed by atoms with Crippen molar-refractivity contribution in [2.75, 3.05) is 25.6 Å². The maximum absolute atomic E-state index is 13.9. The van der Waals surface area contributed by atoms with E-state index in [1.54, 1.807) is 12.0 Å². The van der Waals surface area contributed by atoms with E-state index >= 15 is 0 Å². The number of ether oxygens (including phenoxy) is 2. The number of methoxy groups -OCH3 is 1. The molecule has 3 aliphatic heterocycles. The molecule has 2 N–H and O–H groups in total. The van der Waals surface area contributed by atoms with Crippen LogP contribution in [0.3, 0.4) is 0 Å². The summed E-state index contributed by atoms with van der Waals surface area (Å²) in [6, 6.07) is 6.85. The molecule has 36 heavy (non-hydrogen) atoms. The van der Waals surface area contributed by atoms with Crippen LogP contribution in [0, 0.1) is 24.7 Å². The number of benzene rings is 1. The van der Waals surface area contributed by atoms with E-state index in [2.05, 4.69) is 17.6 Å². The van der Waals surface area contributed by atoms with Gasteiger partial charge < -0.3 is 25.0 Å². The molecule has 1 aliphatic carbocycles. The van der Waals surface area contributed by atoms with E-state index in [1.165, 1.54) is 6.42 Å². The zero-order chi connectivity index (χ0) is 25.4. The van der Waals surface area contributed by atoms with E-state index in [0.29, 0.717) is 31.2 Å². The van der Waals surface area contributed by atoms with Crippen LogP contribution in [0.2, 0.25) is 0 Å². The molecule has 0 aromatic heterocycles. The molecule has 1 aromatic rings. The summed E-state index contributed by atoms with van der Waals surface area (Å²) in [5.74, 6) is -1.68. The highest BCUT2D eigenvalue weighted by molar-refractivity contribution is 6.02. The van der Waals surface area contributed by atoms with Crippen molar-refractivity contribution >= 4 is 23.4 Å². The Morgan fingerprint density at radius 3 is 2.78 bits per heavy atom. The van der Waals surface area contributed by atoms with Crippen LogP contribution in [0.4, 0.5) is 5.69 Å². The molecule has 2 saturated heterocycles. The van der Waals surface area contributed by atoms with E-state index in [1.807, 2.05) is 43.3 Å². The largest absolute Gasteiger partial charge is 0.385 e. The molecular formula is C28H37N3O5. The zero-order valence-electron chi connectivity index (χ0n) is 21.4. The summed E-state index contributed by atoms with van der Waals surface area (Å²) in [5, 5.41) is 6.23. The average molecular weight is 496 g/mol. The van der Waals surface area contributed by atoms with Crippen molar-refractivity contribution in [1.82, 2.24) is 10.2 Å². The first-order chi connectivity index (χ1) is 17.4. The first-order valence-corrected chi connectivity index (χ1v) is 13.2. The van der Waals surface area contributed by atoms with Gasteiger partial charge in [-0.2, -0.15) is 0 Å². The van der Waals surface area contributed by atoms with E-state index in [-0.39, 0.29) is 23.8 Å². The summed E-state index contributed by atoms with van der Waals surface area (Å²) in [4.78, 5) is 42.8. The third kappa shape index (κ3) is 4.24. The molecule has 1 aromatic carbocycles. The van der Waals surface area contributed by atoms with E-state index in [0.717, 1.165) is 24.8 Å². The monoisotopic (exact) mass is 495 g/mol. The van der Waals surface area contributed by atoms with Crippen molar-refractivity contribution in [3.05, 3.63) is 42.0 Å². The van der Waals surface area contributed by atoms with Gasteiger partial charge in [-0.3, -0.25) is 14.4 Å². The van der Waals surface area contributed by atoms with Gasteiger partial charge in [0, 0.05) is 32.0 Å². The van der Waals surface area contributed by atoms with Gasteiger partial charge in [-0.05, 0) is 49.8 Å². The third-order valence-electron chi connectivity index (χ3n) is 8.40. The second-order valence-corrected chi connectivity index (χ2v) is 10.8. The molecule has 1 spiro atoms. The van der Waals surface area contributed by atoms with E-state index in [9.17, 15) is 14.4 Å². The SMILES string of the molecule is COCCCN1C(=O)[C@H]2C(C(=O)Nc3cccc(C)c3)[C@H]3C=CC2(O3)C1C(=O)NC1CCCCC1C. The van der Waals surface area contributed by atoms with Gasteiger partial charge in [0.15, 0.2) is 0 Å². The molecule has 4 aliphatic rings. The third-order valence-corrected chi connectivity index (χ3v) is 8.40. The Kier molecular flexibility index (Phi) is 6.92. The zero-order valence-corrected chi connectivity index (χ0v) is 21.4. The van der Waals surface area contributed by atoms with Gasteiger partial charge in [0.25, 0.3) is 0 Å². The van der Waals surface area contributed by atoms with E-state index < -0.39 is 29.6 Å². The molecule has 3 heterocycles. The van der Waals surface area contributed by atoms with Gasteiger partial charge in [0.1, 0.15) is 11.6 Å². The number of hydrogen-bond donors (Lipinski definition) is 2. The standard InChI is InChI=1S/C28H37N3O5/c1-17-8-6-10-19(16-17)29-25(32)22-21-12-13-28(36-21)23(22)27(34)31(14-7-15-35-3)24(28)26(33)30-20-11-5-4-9-18(20)2/h6,8,10,12-13,16,18,20-24H,4-5,7,9,11,14-15H2,1-3H3,(H,29,32)(H,30,33)/t18?,20?,21-,22?,23-,24?,28?/m1/s1. The highest BCUT2D eigenvalue weighted by atomic mass is 16.5. The lowest BCUT2D eigenvalue weighted by molar-refractivity contribution is -0.141. The van der Waals surface area contributed by atoms with Gasteiger partial charge in [0.2, 0.25) is 17.7 Å². The number of aryl methyl sites for hydroxylation is 1. The van der Waals surface area contributed by atoms with Crippen molar-refractivity contribution in [1.29, 1.82) is 0 Å². The number of nitrogens with one attached hydrogen (secondary N) is 2. The minimum Gasteiger partial charge on any atom is -0.385 e. The Hall–Kier alpha value is -2.71. The molecule has 5 rings (SSSR count). The number of carbonyl (C=O) groups is 3. The minimum atomic E-state index is -1.13. The molecule has 8 heteroatoms. The number of likely N-dealkylation sites (tertiary alicyclic amines) is 1. The summed E-state index contributed by atoms with van der Waals surface area (Å²) in [5.41, 5.74) is 0.581. The fourth-order valence-electron chi connectivity index (χ4n) is 6.63. The summed E-state index contributed by atoms with van der Waals surface area (Å²) in [6.07, 6.45) is 8.07. The van der Waals surface area contributed by atoms with Crippen LogP contribution < -0.4 is 10.6 Å². The van der Waals surface area contributed by atoms with E-state index in [4.69, 9.17) is 9.47 Å². The first kappa shape index (κ1) is 25.0. The molecule has 1 saturated carbocycles. The maximum atomic E-state index is 13.9. The van der Waals surface area contributed by atoms with Gasteiger partial charge in [0.05, 0.1) is 17.9 Å². The van der Waals surface area contributed by atoms with Crippen molar-refractivity contribution < 1.29 is 23.9 Å². The fraction of sp³-hybridized carbons (Fsp3) is 0.607. The molecule has 7 atom stereocenters. The summed E-state index contributed by atoms with van der Waals surface area (Å²) >= 11 is 0. The molecular weight excluding hydrogens is 458 g/mol. The minimum absolute atomic E-state index is 0.0839. The lowest BCUT2D eigenvalue weighted by atomic mass is 9.74. The number of fused-ring (bicyclic) bond motifs is 1. The van der Waals surface area contributed by atoms with Crippen LogP contribution in [0.1, 0.15) is 44.6 Å². The fourth-order valence-corrected chi connectivity index (χ4v) is 6.63. The molecule has 8 nitrogen and oxygen atoms in total. The van der Waals surface area contributed by atoms with Crippen LogP contribution >= 0.6 is 0 Å². The second-order valence-electron chi connectivity index (χ2n) is 10.8. The number of hydrogen-bond acceptors (Lipinski definition) is 5. The highest BCUT2D eigenvalue weighted by Crippen LogP contribution is 2.55. The number of carbonyl (C=O) groups excluding carboxylic acids is 3. The first-order valence-electron chi connectivity index (χ1n) is 13.2. The topological polar surface area (TPSA) is 97.0 Å². The van der Waals surface area contributed by atoms with Gasteiger partial charge in [-0.1, -0.05) is 44.1 Å². The van der Waals surface area contributed by atoms with Crippen LogP contribution in [0.5, 0.6) is 0 Å². The van der Waals surface area contributed by atoms with Crippen LogP contribution in [-0.2, 0) is 23.9 Å². The molecule has 2 bridgehead atoms. The number of nitrogens with zero attached hydrogens (tertiary/aromatic N) is 1. The second kappa shape index (κ2) is 9.98. The van der Waals surface area contributed by atoms with Crippen LogP contribution in [-0.4, -0.2) is 66.7 Å². The smallest absolute Gasteiger partial charge is 0.246 e. The van der Waals surface area contributed by atoms with Crippen LogP contribution in [0.25, 0.3) is 0 Å². The Balaban J connectivity index is 1.42. The molecule has 5 unspecified atom stereocenters. The molecule has 0 radical (unpaired) electrons. The Morgan fingerprint density at radius 2 is 2.03 bits per heavy atom. The van der Waals surface area contributed by atoms with Crippen molar-refractivity contribution in [3.8, 4) is 0 Å². The lowest BCUT2D eigenvalue weighted by Gasteiger charge is -2.36. The predicted molar refractivity (Wildman–Crippen MR) is 135 cm³/mol. The highest BCUT2D eigenvalue weighted by Gasteiger charge is 2.72. The Bertz CT molecular complexity index is 1060. The number of anilines is 1. The maximum Gasteiger partial charge on any atom is 0.246 e.